The molecule has 0 aromatic heterocycles. The maximum absolute atomic E-state index is 12.3. The minimum atomic E-state index is -0.341. The fourth-order valence-corrected chi connectivity index (χ4v) is 2.74. The van der Waals surface area contributed by atoms with E-state index in [4.69, 9.17) is 4.74 Å². The van der Waals surface area contributed by atoms with Crippen molar-refractivity contribution in [3.8, 4) is 0 Å². The summed E-state index contributed by atoms with van der Waals surface area (Å²) in [6.07, 6.45) is 9.02. The average Bonchev–Trinajstić information content (AvgIpc) is 2.47. The van der Waals surface area contributed by atoms with Gasteiger partial charge in [0.25, 0.3) is 0 Å². The SMILES string of the molecule is CCCCCCCC(=O)N1CCCCC1C(=O)OCC. The summed E-state index contributed by atoms with van der Waals surface area (Å²) in [5.74, 6) is -0.106. The average molecular weight is 283 g/mol. The Labute approximate surface area is 122 Å². The van der Waals surface area contributed by atoms with Crippen LogP contribution < -0.4 is 0 Å². The monoisotopic (exact) mass is 283 g/mol. The molecule has 4 nitrogen and oxygen atoms in total. The Morgan fingerprint density at radius 3 is 2.55 bits per heavy atom. The lowest BCUT2D eigenvalue weighted by Gasteiger charge is -2.34. The normalized spacial score (nSPS) is 18.9. The second-order valence-electron chi connectivity index (χ2n) is 5.51. The fourth-order valence-electron chi connectivity index (χ4n) is 2.74. The van der Waals surface area contributed by atoms with Crippen LogP contribution in [0.3, 0.4) is 0 Å². The van der Waals surface area contributed by atoms with Crippen LogP contribution in [0.5, 0.6) is 0 Å². The highest BCUT2D eigenvalue weighted by molar-refractivity contribution is 5.84. The van der Waals surface area contributed by atoms with Gasteiger partial charge >= 0.3 is 5.97 Å². The predicted octanol–water partition coefficient (Wildman–Crippen LogP) is 3.29. The van der Waals surface area contributed by atoms with Gasteiger partial charge in [-0.2, -0.15) is 0 Å². The summed E-state index contributed by atoms with van der Waals surface area (Å²) in [6.45, 7) is 5.08. The number of carbonyl (C=O) groups is 2. The van der Waals surface area contributed by atoms with Crippen molar-refractivity contribution in [2.24, 2.45) is 0 Å². The van der Waals surface area contributed by atoms with Crippen LogP contribution in [-0.4, -0.2) is 36.0 Å². The zero-order valence-electron chi connectivity index (χ0n) is 13.0. The van der Waals surface area contributed by atoms with Gasteiger partial charge in [-0.25, -0.2) is 4.79 Å². The first-order valence-electron chi connectivity index (χ1n) is 8.16. The number of hydrogen-bond donors (Lipinski definition) is 0. The summed E-state index contributed by atoms with van der Waals surface area (Å²) in [6, 6.07) is -0.341. The molecular weight excluding hydrogens is 254 g/mol. The van der Waals surface area contributed by atoms with E-state index in [1.165, 1.54) is 19.3 Å². The fraction of sp³-hybridized carbons (Fsp3) is 0.875. The summed E-state index contributed by atoms with van der Waals surface area (Å²) >= 11 is 0. The van der Waals surface area contributed by atoms with Crippen LogP contribution in [0.1, 0.15) is 71.6 Å². The number of hydrogen-bond acceptors (Lipinski definition) is 3. The van der Waals surface area contributed by atoms with E-state index in [1.54, 1.807) is 11.8 Å². The van der Waals surface area contributed by atoms with Gasteiger partial charge in [-0.3, -0.25) is 4.79 Å². The van der Waals surface area contributed by atoms with E-state index in [2.05, 4.69) is 6.92 Å². The molecule has 0 saturated carbocycles. The van der Waals surface area contributed by atoms with E-state index in [1.807, 2.05) is 0 Å². The number of carbonyl (C=O) groups excluding carboxylic acids is 2. The lowest BCUT2D eigenvalue weighted by atomic mass is 10.0. The zero-order chi connectivity index (χ0) is 14.8. The molecule has 0 N–H and O–H groups in total. The summed E-state index contributed by atoms with van der Waals surface area (Å²) in [5.41, 5.74) is 0. The van der Waals surface area contributed by atoms with E-state index in [0.29, 0.717) is 19.6 Å². The Morgan fingerprint density at radius 2 is 1.85 bits per heavy atom. The third-order valence-electron chi connectivity index (χ3n) is 3.88. The lowest BCUT2D eigenvalue weighted by molar-refractivity contribution is -0.156. The van der Waals surface area contributed by atoms with Gasteiger partial charge in [0, 0.05) is 13.0 Å². The van der Waals surface area contributed by atoms with E-state index < -0.39 is 0 Å². The minimum absolute atomic E-state index is 0.124. The Balaban J connectivity index is 2.40. The molecule has 20 heavy (non-hydrogen) atoms. The molecule has 0 aromatic carbocycles. The number of amides is 1. The molecule has 4 heteroatoms. The maximum atomic E-state index is 12.3. The van der Waals surface area contributed by atoms with Crippen LogP contribution >= 0.6 is 0 Å². The van der Waals surface area contributed by atoms with Gasteiger partial charge in [0.1, 0.15) is 6.04 Å². The number of ether oxygens (including phenoxy) is 1. The van der Waals surface area contributed by atoms with Crippen LogP contribution in [0.15, 0.2) is 0 Å². The molecule has 0 spiro atoms. The number of nitrogens with zero attached hydrogens (tertiary/aromatic N) is 1. The molecule has 1 unspecified atom stereocenters. The molecule has 1 atom stereocenters. The van der Waals surface area contributed by atoms with Gasteiger partial charge < -0.3 is 9.64 Å². The molecule has 0 aliphatic carbocycles. The molecule has 1 heterocycles. The Hall–Kier alpha value is -1.06. The summed E-state index contributed by atoms with van der Waals surface area (Å²) in [4.78, 5) is 25.9. The number of unbranched alkanes of at least 4 members (excludes halogenated alkanes) is 4. The first-order valence-corrected chi connectivity index (χ1v) is 8.16. The Morgan fingerprint density at radius 1 is 1.10 bits per heavy atom. The van der Waals surface area contributed by atoms with Gasteiger partial charge in [-0.05, 0) is 32.6 Å². The second kappa shape index (κ2) is 9.78. The van der Waals surface area contributed by atoms with Gasteiger partial charge in [0.15, 0.2) is 0 Å². The highest BCUT2D eigenvalue weighted by Crippen LogP contribution is 2.20. The minimum Gasteiger partial charge on any atom is -0.464 e. The van der Waals surface area contributed by atoms with Crippen molar-refractivity contribution >= 4 is 11.9 Å². The highest BCUT2D eigenvalue weighted by atomic mass is 16.5. The van der Waals surface area contributed by atoms with Crippen molar-refractivity contribution < 1.29 is 14.3 Å². The van der Waals surface area contributed by atoms with Gasteiger partial charge in [-0.15, -0.1) is 0 Å². The van der Waals surface area contributed by atoms with Crippen LogP contribution in [0, 0.1) is 0 Å². The largest absolute Gasteiger partial charge is 0.464 e. The van der Waals surface area contributed by atoms with Crippen LogP contribution in [0.2, 0.25) is 0 Å². The smallest absolute Gasteiger partial charge is 0.328 e. The zero-order valence-corrected chi connectivity index (χ0v) is 13.0. The summed E-state index contributed by atoms with van der Waals surface area (Å²) in [7, 11) is 0. The predicted molar refractivity (Wildman–Crippen MR) is 79.4 cm³/mol. The first-order chi connectivity index (χ1) is 9.70. The van der Waals surface area contributed by atoms with Crippen LogP contribution in [-0.2, 0) is 14.3 Å². The van der Waals surface area contributed by atoms with Crippen molar-refractivity contribution in [3.05, 3.63) is 0 Å². The van der Waals surface area contributed by atoms with E-state index in [0.717, 1.165) is 32.1 Å². The Kier molecular flexibility index (Phi) is 8.31. The number of likely N-dealkylation sites (tertiary alicyclic amines) is 1. The summed E-state index contributed by atoms with van der Waals surface area (Å²) in [5, 5.41) is 0. The molecule has 1 rings (SSSR count). The number of rotatable bonds is 8. The topological polar surface area (TPSA) is 46.6 Å². The number of esters is 1. The second-order valence-corrected chi connectivity index (χ2v) is 5.51. The molecule has 116 valence electrons. The molecular formula is C16H29NO3. The third kappa shape index (κ3) is 5.51. The Bertz CT molecular complexity index is 304. The molecule has 0 radical (unpaired) electrons. The molecule has 1 aliphatic rings. The van der Waals surface area contributed by atoms with Gasteiger partial charge in [0.05, 0.1) is 6.61 Å². The van der Waals surface area contributed by atoms with Crippen molar-refractivity contribution in [1.82, 2.24) is 4.90 Å². The molecule has 1 amide bonds. The van der Waals surface area contributed by atoms with Crippen molar-refractivity contribution in [1.29, 1.82) is 0 Å². The molecule has 1 aliphatic heterocycles. The van der Waals surface area contributed by atoms with Crippen LogP contribution in [0.25, 0.3) is 0 Å². The standard InChI is InChI=1S/C16H29NO3/c1-3-5-6-7-8-12-15(18)17-13-10-9-11-14(17)16(19)20-4-2/h14H,3-13H2,1-2H3. The van der Waals surface area contributed by atoms with Crippen molar-refractivity contribution in [3.63, 3.8) is 0 Å². The lowest BCUT2D eigenvalue weighted by Crippen LogP contribution is -2.48. The quantitative estimate of drug-likeness (QED) is 0.507. The maximum Gasteiger partial charge on any atom is 0.328 e. The van der Waals surface area contributed by atoms with E-state index in [-0.39, 0.29) is 17.9 Å². The molecule has 0 bridgehead atoms. The van der Waals surface area contributed by atoms with Crippen LogP contribution in [0.4, 0.5) is 0 Å². The number of piperidine rings is 1. The van der Waals surface area contributed by atoms with Crippen molar-refractivity contribution in [2.45, 2.75) is 77.7 Å². The third-order valence-corrected chi connectivity index (χ3v) is 3.88. The summed E-state index contributed by atoms with van der Waals surface area (Å²) < 4.78 is 5.09. The highest BCUT2D eigenvalue weighted by Gasteiger charge is 2.32. The van der Waals surface area contributed by atoms with Gasteiger partial charge in [0.2, 0.25) is 5.91 Å². The molecule has 1 fully saturated rings. The van der Waals surface area contributed by atoms with E-state index in [9.17, 15) is 9.59 Å². The van der Waals surface area contributed by atoms with Gasteiger partial charge in [-0.1, -0.05) is 32.6 Å². The molecule has 1 saturated heterocycles. The molecule has 0 aromatic rings. The first kappa shape index (κ1) is 17.0. The van der Waals surface area contributed by atoms with Crippen molar-refractivity contribution in [2.75, 3.05) is 13.2 Å². The van der Waals surface area contributed by atoms with E-state index >= 15 is 0 Å².